The normalized spacial score (nSPS) is 22.7. The van der Waals surface area contributed by atoms with Crippen LogP contribution in [0, 0.1) is 5.41 Å². The van der Waals surface area contributed by atoms with Crippen LogP contribution in [0.1, 0.15) is 33.1 Å². The number of aliphatic imine (C=N–C) groups is 1. The Balaban J connectivity index is 0.00000264. The molecule has 23 heavy (non-hydrogen) atoms. The van der Waals surface area contributed by atoms with Crippen molar-refractivity contribution in [1.29, 1.82) is 0 Å². The Morgan fingerprint density at radius 1 is 1.30 bits per heavy atom. The molecule has 5 nitrogen and oxygen atoms in total. The van der Waals surface area contributed by atoms with E-state index in [0.717, 1.165) is 30.7 Å². The summed E-state index contributed by atoms with van der Waals surface area (Å²) in [6, 6.07) is 7.88. The molecule has 1 fully saturated rings. The molecule has 0 amide bonds. The molecule has 0 bridgehead atoms. The first-order valence-corrected chi connectivity index (χ1v) is 7.87. The summed E-state index contributed by atoms with van der Waals surface area (Å²) in [6.07, 6.45) is 3.28. The van der Waals surface area contributed by atoms with Crippen molar-refractivity contribution in [2.24, 2.45) is 16.1 Å². The van der Waals surface area contributed by atoms with Crippen LogP contribution in [0.25, 0.3) is 0 Å². The molecule has 6 heteroatoms. The molecule has 3 N–H and O–H groups in total. The lowest BCUT2D eigenvalue weighted by Crippen LogP contribution is -2.57. The highest BCUT2D eigenvalue weighted by Gasteiger charge is 2.53. The van der Waals surface area contributed by atoms with Crippen molar-refractivity contribution in [2.75, 3.05) is 19.5 Å². The van der Waals surface area contributed by atoms with E-state index >= 15 is 0 Å². The monoisotopic (exact) mass is 433 g/mol. The van der Waals surface area contributed by atoms with Gasteiger partial charge >= 0.3 is 0 Å². The van der Waals surface area contributed by atoms with E-state index in [1.54, 1.807) is 14.2 Å². The van der Waals surface area contributed by atoms with Crippen molar-refractivity contribution in [3.05, 3.63) is 24.3 Å². The summed E-state index contributed by atoms with van der Waals surface area (Å²) in [5.74, 6) is 1.18. The van der Waals surface area contributed by atoms with Gasteiger partial charge in [0, 0.05) is 12.5 Å². The van der Waals surface area contributed by atoms with Gasteiger partial charge in [-0.1, -0.05) is 26.0 Å². The number of ether oxygens (including phenoxy) is 2. The Bertz CT molecular complexity index is 532. The molecule has 1 aliphatic rings. The minimum absolute atomic E-state index is 0. The van der Waals surface area contributed by atoms with Crippen LogP contribution >= 0.6 is 24.0 Å². The van der Waals surface area contributed by atoms with Crippen LogP contribution in [-0.4, -0.2) is 32.3 Å². The Labute approximate surface area is 156 Å². The predicted octanol–water partition coefficient (Wildman–Crippen LogP) is 3.63. The van der Waals surface area contributed by atoms with Gasteiger partial charge in [0.15, 0.2) is 5.96 Å². The second-order valence-corrected chi connectivity index (χ2v) is 5.76. The highest BCUT2D eigenvalue weighted by molar-refractivity contribution is 14.0. The van der Waals surface area contributed by atoms with Crippen molar-refractivity contribution in [3.8, 4) is 5.75 Å². The predicted molar refractivity (Wildman–Crippen MR) is 106 cm³/mol. The van der Waals surface area contributed by atoms with Gasteiger partial charge in [-0.15, -0.1) is 24.0 Å². The SMILES string of the molecule is CCC1(CC)C(N=C(N)Nc2ccccc2OC)CC1OC.I. The number of nitrogens with one attached hydrogen (secondary N) is 1. The largest absolute Gasteiger partial charge is 0.495 e. The van der Waals surface area contributed by atoms with E-state index in [0.29, 0.717) is 5.96 Å². The number of halogens is 1. The number of nitrogens with zero attached hydrogens (tertiary/aromatic N) is 1. The van der Waals surface area contributed by atoms with Gasteiger partial charge < -0.3 is 20.5 Å². The van der Waals surface area contributed by atoms with E-state index in [1.165, 1.54) is 0 Å². The highest BCUT2D eigenvalue weighted by atomic mass is 127. The zero-order chi connectivity index (χ0) is 16.2. The van der Waals surface area contributed by atoms with E-state index in [2.05, 4.69) is 19.2 Å². The van der Waals surface area contributed by atoms with E-state index < -0.39 is 0 Å². The average Bonchev–Trinajstić information content (AvgIpc) is 2.53. The molecular formula is C17H28IN3O2. The molecule has 0 heterocycles. The van der Waals surface area contributed by atoms with Gasteiger partial charge in [-0.25, -0.2) is 4.99 Å². The van der Waals surface area contributed by atoms with Crippen molar-refractivity contribution in [1.82, 2.24) is 0 Å². The second kappa shape index (κ2) is 8.73. The zero-order valence-corrected chi connectivity index (χ0v) is 16.7. The lowest BCUT2D eigenvalue weighted by Gasteiger charge is -2.53. The van der Waals surface area contributed by atoms with Crippen LogP contribution in [0.5, 0.6) is 5.75 Å². The lowest BCUT2D eigenvalue weighted by atomic mass is 9.59. The molecule has 2 atom stereocenters. The van der Waals surface area contributed by atoms with Crippen LogP contribution in [-0.2, 0) is 4.74 Å². The molecule has 1 saturated carbocycles. The topological polar surface area (TPSA) is 68.9 Å². The number of hydrogen-bond acceptors (Lipinski definition) is 3. The maximum absolute atomic E-state index is 6.10. The number of hydrogen-bond donors (Lipinski definition) is 2. The molecule has 2 rings (SSSR count). The lowest BCUT2D eigenvalue weighted by molar-refractivity contribution is -0.111. The number of anilines is 1. The third kappa shape index (κ3) is 3.91. The molecule has 1 aromatic carbocycles. The van der Waals surface area contributed by atoms with Crippen molar-refractivity contribution in [3.63, 3.8) is 0 Å². The molecule has 0 aromatic heterocycles. The first kappa shape index (κ1) is 20.0. The number of benzene rings is 1. The van der Waals surface area contributed by atoms with Gasteiger partial charge in [0.2, 0.25) is 0 Å². The van der Waals surface area contributed by atoms with Crippen molar-refractivity contribution < 1.29 is 9.47 Å². The van der Waals surface area contributed by atoms with E-state index in [9.17, 15) is 0 Å². The molecule has 0 aliphatic heterocycles. The van der Waals surface area contributed by atoms with Gasteiger partial charge in [0.25, 0.3) is 0 Å². The number of methoxy groups -OCH3 is 2. The van der Waals surface area contributed by atoms with Crippen LogP contribution in [0.15, 0.2) is 29.3 Å². The Kier molecular flexibility index (Phi) is 7.60. The third-order valence-corrected chi connectivity index (χ3v) is 5.01. The van der Waals surface area contributed by atoms with Crippen molar-refractivity contribution in [2.45, 2.75) is 45.3 Å². The van der Waals surface area contributed by atoms with Crippen LogP contribution < -0.4 is 15.8 Å². The fourth-order valence-electron chi connectivity index (χ4n) is 3.50. The smallest absolute Gasteiger partial charge is 0.193 e. The van der Waals surface area contributed by atoms with Crippen molar-refractivity contribution >= 4 is 35.6 Å². The summed E-state index contributed by atoms with van der Waals surface area (Å²) in [6.45, 7) is 4.39. The maximum Gasteiger partial charge on any atom is 0.193 e. The van der Waals surface area contributed by atoms with E-state index in [4.69, 9.17) is 20.2 Å². The number of guanidine groups is 1. The molecule has 1 aliphatic carbocycles. The summed E-state index contributed by atoms with van der Waals surface area (Å²) in [7, 11) is 3.42. The Morgan fingerprint density at radius 2 is 1.96 bits per heavy atom. The molecule has 0 saturated heterocycles. The first-order valence-electron chi connectivity index (χ1n) is 7.87. The van der Waals surface area contributed by atoms with Gasteiger partial charge in [-0.3, -0.25) is 0 Å². The number of para-hydroxylation sites is 2. The first-order chi connectivity index (χ1) is 10.6. The molecule has 1 aromatic rings. The van der Waals surface area contributed by atoms with Gasteiger partial charge in [-0.05, 0) is 31.4 Å². The number of nitrogens with two attached hydrogens (primary N) is 1. The summed E-state index contributed by atoms with van der Waals surface area (Å²) in [4.78, 5) is 4.69. The van der Waals surface area contributed by atoms with Gasteiger partial charge in [0.1, 0.15) is 5.75 Å². The third-order valence-electron chi connectivity index (χ3n) is 5.01. The Hall–Kier alpha value is -1.02. The van der Waals surface area contributed by atoms with E-state index in [1.807, 2.05) is 24.3 Å². The summed E-state index contributed by atoms with van der Waals surface area (Å²) in [5.41, 5.74) is 7.03. The molecule has 130 valence electrons. The van der Waals surface area contributed by atoms with Gasteiger partial charge in [0.05, 0.1) is 24.9 Å². The molecular weight excluding hydrogens is 405 g/mol. The molecule has 0 radical (unpaired) electrons. The fraction of sp³-hybridized carbons (Fsp3) is 0.588. The van der Waals surface area contributed by atoms with Crippen LogP contribution in [0.3, 0.4) is 0 Å². The maximum atomic E-state index is 6.10. The van der Waals surface area contributed by atoms with E-state index in [-0.39, 0.29) is 41.5 Å². The van der Waals surface area contributed by atoms with Crippen LogP contribution in [0.4, 0.5) is 5.69 Å². The quantitative estimate of drug-likeness (QED) is 0.409. The summed E-state index contributed by atoms with van der Waals surface area (Å²) >= 11 is 0. The zero-order valence-electron chi connectivity index (χ0n) is 14.3. The number of rotatable bonds is 6. The fourth-order valence-corrected chi connectivity index (χ4v) is 3.50. The summed E-state index contributed by atoms with van der Waals surface area (Å²) < 4.78 is 10.9. The Morgan fingerprint density at radius 3 is 2.52 bits per heavy atom. The molecule has 0 spiro atoms. The minimum atomic E-state index is 0. The van der Waals surface area contributed by atoms with Gasteiger partial charge in [-0.2, -0.15) is 0 Å². The standard InChI is InChI=1S/C17H27N3O2.HI/c1-5-17(6-2)14(11-15(17)22-4)20-16(18)19-12-9-7-8-10-13(12)21-3;/h7-10,14-15H,5-6,11H2,1-4H3,(H3,18,19,20);1H. The highest BCUT2D eigenvalue weighted by Crippen LogP contribution is 2.50. The minimum Gasteiger partial charge on any atom is -0.495 e. The summed E-state index contributed by atoms with van der Waals surface area (Å²) in [5, 5.41) is 3.14. The average molecular weight is 433 g/mol. The van der Waals surface area contributed by atoms with Crippen LogP contribution in [0.2, 0.25) is 0 Å². The molecule has 2 unspecified atom stereocenters. The second-order valence-electron chi connectivity index (χ2n) is 5.76.